The minimum atomic E-state index is -0.550. The number of hydrogen-bond acceptors (Lipinski definition) is 3. The zero-order valence-corrected chi connectivity index (χ0v) is 9.96. The molecular weight excluding hydrogens is 230 g/mol. The van der Waals surface area contributed by atoms with Crippen molar-refractivity contribution in [3.05, 3.63) is 53.3 Å². The molecule has 0 atom stereocenters. The summed E-state index contributed by atoms with van der Waals surface area (Å²) < 4.78 is 1.61. The van der Waals surface area contributed by atoms with Crippen molar-refractivity contribution in [1.82, 2.24) is 9.78 Å². The standard InChI is InChI=1S/C13H13N3O2/c1-9(17)11-4-2-3-10(7-11)8-16-6-5-12(15-16)13(14)18/h2-7H,8H2,1H3,(H2,14,18). The van der Waals surface area contributed by atoms with Gasteiger partial charge in [-0.25, -0.2) is 0 Å². The van der Waals surface area contributed by atoms with Gasteiger partial charge in [-0.2, -0.15) is 5.10 Å². The average Bonchev–Trinajstić information content (AvgIpc) is 2.78. The maximum atomic E-state index is 11.3. The first-order valence-electron chi connectivity index (χ1n) is 5.49. The average molecular weight is 243 g/mol. The van der Waals surface area contributed by atoms with Gasteiger partial charge in [-0.1, -0.05) is 18.2 Å². The topological polar surface area (TPSA) is 78.0 Å². The molecule has 92 valence electrons. The van der Waals surface area contributed by atoms with E-state index in [4.69, 9.17) is 5.73 Å². The van der Waals surface area contributed by atoms with Gasteiger partial charge in [0.05, 0.1) is 6.54 Å². The fourth-order valence-corrected chi connectivity index (χ4v) is 1.66. The number of hydrogen-bond donors (Lipinski definition) is 1. The van der Waals surface area contributed by atoms with Gasteiger partial charge in [-0.15, -0.1) is 0 Å². The molecule has 1 heterocycles. The first-order chi connectivity index (χ1) is 8.56. The van der Waals surface area contributed by atoms with Crippen LogP contribution in [0.5, 0.6) is 0 Å². The van der Waals surface area contributed by atoms with Gasteiger partial charge in [0.25, 0.3) is 5.91 Å². The number of primary amides is 1. The Morgan fingerprint density at radius 1 is 1.33 bits per heavy atom. The molecule has 5 nitrogen and oxygen atoms in total. The Kier molecular flexibility index (Phi) is 3.23. The lowest BCUT2D eigenvalue weighted by atomic mass is 10.1. The number of Topliss-reactive ketones (excluding diaryl/α,β-unsaturated/α-hetero) is 1. The molecule has 0 aliphatic rings. The summed E-state index contributed by atoms with van der Waals surface area (Å²) in [5.41, 5.74) is 6.97. The highest BCUT2D eigenvalue weighted by atomic mass is 16.1. The SMILES string of the molecule is CC(=O)c1cccc(Cn2ccc(C(N)=O)n2)c1. The summed E-state index contributed by atoms with van der Waals surface area (Å²) in [5.74, 6) is -0.527. The highest BCUT2D eigenvalue weighted by molar-refractivity contribution is 5.94. The monoisotopic (exact) mass is 243 g/mol. The highest BCUT2D eigenvalue weighted by Gasteiger charge is 2.06. The van der Waals surface area contributed by atoms with E-state index >= 15 is 0 Å². The van der Waals surface area contributed by atoms with E-state index in [1.165, 1.54) is 6.92 Å². The van der Waals surface area contributed by atoms with Crippen LogP contribution in [0.25, 0.3) is 0 Å². The molecule has 0 saturated carbocycles. The van der Waals surface area contributed by atoms with Gasteiger partial charge in [0.2, 0.25) is 0 Å². The summed E-state index contributed by atoms with van der Waals surface area (Å²) in [6.45, 7) is 2.02. The molecule has 18 heavy (non-hydrogen) atoms. The number of carbonyl (C=O) groups excluding carboxylic acids is 2. The normalized spacial score (nSPS) is 10.3. The van der Waals surface area contributed by atoms with Gasteiger partial charge in [0, 0.05) is 11.8 Å². The molecule has 2 aromatic rings. The van der Waals surface area contributed by atoms with E-state index in [0.29, 0.717) is 12.1 Å². The van der Waals surface area contributed by atoms with Gasteiger partial charge in [0.1, 0.15) is 5.69 Å². The molecule has 0 bridgehead atoms. The minimum Gasteiger partial charge on any atom is -0.364 e. The molecule has 0 aliphatic heterocycles. The van der Waals surface area contributed by atoms with Gasteiger partial charge >= 0.3 is 0 Å². The number of carbonyl (C=O) groups is 2. The quantitative estimate of drug-likeness (QED) is 0.820. The van der Waals surface area contributed by atoms with Crippen LogP contribution in [0.2, 0.25) is 0 Å². The van der Waals surface area contributed by atoms with Gasteiger partial charge in [-0.3, -0.25) is 14.3 Å². The van der Waals surface area contributed by atoms with Crippen LogP contribution in [0.15, 0.2) is 36.5 Å². The highest BCUT2D eigenvalue weighted by Crippen LogP contribution is 2.08. The third-order valence-corrected chi connectivity index (χ3v) is 2.57. The van der Waals surface area contributed by atoms with Gasteiger partial charge in [0.15, 0.2) is 5.78 Å². The third kappa shape index (κ3) is 2.63. The number of rotatable bonds is 4. The first-order valence-corrected chi connectivity index (χ1v) is 5.49. The van der Waals surface area contributed by atoms with E-state index in [0.717, 1.165) is 5.56 Å². The van der Waals surface area contributed by atoms with Crippen molar-refractivity contribution in [3.63, 3.8) is 0 Å². The summed E-state index contributed by atoms with van der Waals surface area (Å²) >= 11 is 0. The van der Waals surface area contributed by atoms with Crippen LogP contribution in [-0.4, -0.2) is 21.5 Å². The van der Waals surface area contributed by atoms with Crippen LogP contribution in [0, 0.1) is 0 Å². The van der Waals surface area contributed by atoms with E-state index in [-0.39, 0.29) is 11.5 Å². The van der Waals surface area contributed by atoms with Gasteiger partial charge < -0.3 is 5.73 Å². The largest absolute Gasteiger partial charge is 0.364 e. The van der Waals surface area contributed by atoms with Crippen molar-refractivity contribution in [2.45, 2.75) is 13.5 Å². The summed E-state index contributed by atoms with van der Waals surface area (Å²) in [4.78, 5) is 22.2. The lowest BCUT2D eigenvalue weighted by Crippen LogP contribution is -2.12. The van der Waals surface area contributed by atoms with Crippen molar-refractivity contribution in [3.8, 4) is 0 Å². The van der Waals surface area contributed by atoms with Crippen LogP contribution in [-0.2, 0) is 6.54 Å². The fraction of sp³-hybridized carbons (Fsp3) is 0.154. The summed E-state index contributed by atoms with van der Waals surface area (Å²) in [5, 5.41) is 4.04. The lowest BCUT2D eigenvalue weighted by Gasteiger charge is -2.03. The first kappa shape index (κ1) is 12.0. The van der Waals surface area contributed by atoms with Crippen molar-refractivity contribution in [2.24, 2.45) is 5.73 Å². The molecule has 0 fully saturated rings. The zero-order valence-electron chi connectivity index (χ0n) is 9.96. The number of amides is 1. The van der Waals surface area contributed by atoms with Crippen molar-refractivity contribution >= 4 is 11.7 Å². The Hall–Kier alpha value is -2.43. The molecule has 0 saturated heterocycles. The molecule has 1 aromatic carbocycles. The molecule has 2 N–H and O–H groups in total. The number of nitrogens with zero attached hydrogens (tertiary/aromatic N) is 2. The second-order valence-corrected chi connectivity index (χ2v) is 4.02. The predicted octanol–water partition coefficient (Wildman–Crippen LogP) is 1.23. The van der Waals surface area contributed by atoms with E-state index in [9.17, 15) is 9.59 Å². The fourth-order valence-electron chi connectivity index (χ4n) is 1.66. The third-order valence-electron chi connectivity index (χ3n) is 2.57. The lowest BCUT2D eigenvalue weighted by molar-refractivity contribution is 0.0992. The minimum absolute atomic E-state index is 0.0233. The molecule has 1 amide bonds. The van der Waals surface area contributed by atoms with Crippen LogP contribution >= 0.6 is 0 Å². The molecule has 5 heteroatoms. The summed E-state index contributed by atoms with van der Waals surface area (Å²) in [7, 11) is 0. The molecule has 0 radical (unpaired) electrons. The number of ketones is 1. The number of benzene rings is 1. The summed E-state index contributed by atoms with van der Waals surface area (Å²) in [6, 6.07) is 8.87. The Morgan fingerprint density at radius 2 is 2.11 bits per heavy atom. The van der Waals surface area contributed by atoms with Crippen LogP contribution < -0.4 is 5.73 Å². The van der Waals surface area contributed by atoms with E-state index in [1.807, 2.05) is 18.2 Å². The van der Waals surface area contributed by atoms with E-state index in [2.05, 4.69) is 5.10 Å². The Balaban J connectivity index is 2.20. The van der Waals surface area contributed by atoms with Crippen LogP contribution in [0.4, 0.5) is 0 Å². The molecule has 0 unspecified atom stereocenters. The van der Waals surface area contributed by atoms with Crippen molar-refractivity contribution in [2.75, 3.05) is 0 Å². The maximum absolute atomic E-state index is 11.3. The van der Waals surface area contributed by atoms with Crippen molar-refractivity contribution in [1.29, 1.82) is 0 Å². The molecular formula is C13H13N3O2. The predicted molar refractivity (Wildman–Crippen MR) is 66.3 cm³/mol. The molecule has 1 aromatic heterocycles. The van der Waals surface area contributed by atoms with Gasteiger partial charge in [-0.05, 0) is 24.6 Å². The smallest absolute Gasteiger partial charge is 0.269 e. The number of nitrogens with two attached hydrogens (primary N) is 1. The Bertz CT molecular complexity index is 602. The second kappa shape index (κ2) is 4.83. The van der Waals surface area contributed by atoms with Crippen LogP contribution in [0.3, 0.4) is 0 Å². The zero-order chi connectivity index (χ0) is 13.1. The Labute approximate surface area is 104 Å². The maximum Gasteiger partial charge on any atom is 0.269 e. The number of aromatic nitrogens is 2. The van der Waals surface area contributed by atoms with Crippen molar-refractivity contribution < 1.29 is 9.59 Å². The van der Waals surface area contributed by atoms with Crippen LogP contribution in [0.1, 0.15) is 33.3 Å². The molecule has 0 aliphatic carbocycles. The van der Waals surface area contributed by atoms with E-state index < -0.39 is 5.91 Å². The van der Waals surface area contributed by atoms with E-state index in [1.54, 1.807) is 23.0 Å². The Morgan fingerprint density at radius 3 is 2.72 bits per heavy atom. The second-order valence-electron chi connectivity index (χ2n) is 4.02. The molecule has 2 rings (SSSR count). The summed E-state index contributed by atoms with van der Waals surface area (Å²) in [6.07, 6.45) is 1.68. The molecule has 0 spiro atoms.